The maximum atomic E-state index is 15.4. The first-order chi connectivity index (χ1) is 29.4. The third-order valence-electron chi connectivity index (χ3n) is 12.6. The second-order valence-corrected chi connectivity index (χ2v) is 16.8. The van der Waals surface area contributed by atoms with E-state index in [-0.39, 0.29) is 35.2 Å². The van der Waals surface area contributed by atoms with Crippen molar-refractivity contribution < 1.29 is 29.0 Å². The van der Waals surface area contributed by atoms with Gasteiger partial charge in [0.1, 0.15) is 11.5 Å². The van der Waals surface area contributed by atoms with E-state index in [1.807, 2.05) is 49.3 Å². The number of rotatable bonds is 9. The molecule has 2 heterocycles. The number of fused-ring (bicyclic) bond motifs is 4. The number of hydrogen-bond acceptors (Lipinski definition) is 10. The fraction of sp³-hybridized carbons (Fsp3) is 0.234. The van der Waals surface area contributed by atoms with Crippen LogP contribution in [0, 0.1) is 23.7 Å². The number of phenols is 1. The van der Waals surface area contributed by atoms with E-state index in [2.05, 4.69) is 15.7 Å². The lowest BCUT2D eigenvalue weighted by molar-refractivity contribution is -0.138. The topological polar surface area (TPSA) is 144 Å². The first kappa shape index (κ1) is 39.9. The highest BCUT2D eigenvalue weighted by Crippen LogP contribution is 2.65. The summed E-state index contributed by atoms with van der Waals surface area (Å²) in [6.45, 7) is 0. The third-order valence-corrected chi connectivity index (χ3v) is 13.1. The molecule has 5 aromatic carbocycles. The molecule has 0 spiro atoms. The number of azo groups is 1. The summed E-state index contributed by atoms with van der Waals surface area (Å²) < 4.78 is 5.48. The van der Waals surface area contributed by atoms with Gasteiger partial charge in [0.25, 0.3) is 11.8 Å². The summed E-state index contributed by atoms with van der Waals surface area (Å²) in [4.78, 5) is 62.8. The molecule has 2 saturated heterocycles. The lowest BCUT2D eigenvalue weighted by Crippen LogP contribution is -2.53. The van der Waals surface area contributed by atoms with E-state index in [0.717, 1.165) is 10.7 Å². The van der Waals surface area contributed by atoms with Crippen LogP contribution in [0.25, 0.3) is 0 Å². The summed E-state index contributed by atoms with van der Waals surface area (Å²) in [7, 11) is 5.46. The van der Waals surface area contributed by atoms with Crippen LogP contribution in [0.3, 0.4) is 0 Å². The fourth-order valence-electron chi connectivity index (χ4n) is 9.78. The normalized spacial score (nSPS) is 24.4. The minimum Gasteiger partial charge on any atom is -0.508 e. The Labute approximate surface area is 362 Å². The van der Waals surface area contributed by atoms with Gasteiger partial charge in [0, 0.05) is 36.3 Å². The second kappa shape index (κ2) is 15.5. The smallest absolute Gasteiger partial charge is 0.260 e. The molecule has 2 aliphatic carbocycles. The Balaban J connectivity index is 1.11. The zero-order chi connectivity index (χ0) is 42.7. The van der Waals surface area contributed by atoms with Crippen LogP contribution in [0.2, 0.25) is 10.0 Å². The van der Waals surface area contributed by atoms with Gasteiger partial charge in [-0.3, -0.25) is 29.5 Å². The Morgan fingerprint density at radius 1 is 0.803 bits per heavy atom. The van der Waals surface area contributed by atoms with E-state index in [9.17, 15) is 19.5 Å². The number of anilines is 3. The van der Waals surface area contributed by atoms with Crippen LogP contribution in [0.1, 0.15) is 29.9 Å². The van der Waals surface area contributed by atoms with Gasteiger partial charge in [-0.25, -0.2) is 0 Å². The van der Waals surface area contributed by atoms with Crippen molar-refractivity contribution in [1.82, 2.24) is 5.01 Å². The van der Waals surface area contributed by atoms with Crippen molar-refractivity contribution in [3.63, 3.8) is 0 Å². The predicted octanol–water partition coefficient (Wildman–Crippen LogP) is 9.38. The molecule has 9 rings (SSSR count). The second-order valence-electron chi connectivity index (χ2n) is 15.9. The van der Waals surface area contributed by atoms with Crippen LogP contribution in [0.15, 0.2) is 137 Å². The number of imide groups is 2. The monoisotopic (exact) mass is 854 g/mol. The number of carbonyl (C=O) groups excluding carboxylic acids is 4. The number of nitrogens with zero attached hydrogens (tertiary/aromatic N) is 5. The molecule has 4 aliphatic rings. The van der Waals surface area contributed by atoms with Crippen LogP contribution < -0.4 is 20.0 Å². The Kier molecular flexibility index (Phi) is 10.2. The van der Waals surface area contributed by atoms with Gasteiger partial charge >= 0.3 is 0 Å². The molecule has 6 atom stereocenters. The number of hydrogen-bond donors (Lipinski definition) is 2. The number of phenolic OH excluding ortho intramolecular Hbond substituents is 1. The number of ether oxygens (including phenoxy) is 1. The summed E-state index contributed by atoms with van der Waals surface area (Å²) in [6, 6.07) is 32.8. The largest absolute Gasteiger partial charge is 0.508 e. The zero-order valence-electron chi connectivity index (χ0n) is 33.3. The molecule has 3 fully saturated rings. The minimum atomic E-state index is -1.60. The highest BCUT2D eigenvalue weighted by Gasteiger charge is 2.70. The Hall–Kier alpha value is -6.50. The molecule has 14 heteroatoms. The predicted molar refractivity (Wildman–Crippen MR) is 233 cm³/mol. The average Bonchev–Trinajstić information content (AvgIpc) is 3.64. The molecule has 0 unspecified atom stereocenters. The summed E-state index contributed by atoms with van der Waals surface area (Å²) in [5, 5.41) is 21.9. The Morgan fingerprint density at radius 3 is 2.11 bits per heavy atom. The first-order valence-electron chi connectivity index (χ1n) is 19.8. The van der Waals surface area contributed by atoms with Gasteiger partial charge in [0.15, 0.2) is 0 Å². The van der Waals surface area contributed by atoms with E-state index in [0.29, 0.717) is 44.5 Å². The van der Waals surface area contributed by atoms with Gasteiger partial charge in [-0.15, -0.1) is 0 Å². The van der Waals surface area contributed by atoms with Gasteiger partial charge in [-0.2, -0.15) is 15.2 Å². The van der Waals surface area contributed by atoms with E-state index in [1.54, 1.807) is 84.9 Å². The lowest BCUT2D eigenvalue weighted by Gasteiger charge is -2.50. The van der Waals surface area contributed by atoms with E-state index in [4.69, 9.17) is 27.9 Å². The molecular weight excluding hydrogens is 815 g/mol. The quantitative estimate of drug-likeness (QED) is 0.0848. The highest BCUT2D eigenvalue weighted by molar-refractivity contribution is 6.36. The number of amides is 4. The molecule has 0 aromatic heterocycles. The van der Waals surface area contributed by atoms with Gasteiger partial charge in [-0.05, 0) is 109 Å². The molecule has 308 valence electrons. The molecule has 0 bridgehead atoms. The summed E-state index contributed by atoms with van der Waals surface area (Å²) in [5.41, 5.74) is 5.95. The van der Waals surface area contributed by atoms with Crippen molar-refractivity contribution in [3.05, 3.63) is 148 Å². The molecular formula is C47H40Cl2N6O6. The van der Waals surface area contributed by atoms with Crippen molar-refractivity contribution in [2.24, 2.45) is 33.9 Å². The molecule has 1 saturated carbocycles. The third kappa shape index (κ3) is 6.52. The standard InChI is InChI=1S/C47H40Cl2N6O6/c1-53(2)30-15-11-28(12-16-30)50-51-29-13-17-31(18-14-29)54-43(57)35-22-21-33-36(41(35)45(54)59)25-37-44(58)55(52-39-23-10-27(48)24-38(39)49)46(60)47(37,26-8-19-32(61-3)20-9-26)42(33)34-6-4-5-7-40(34)56/h4-21,23-24,35-37,41-42,52,56H,22,25H2,1-3H3/t35-,36+,37-,41-,42+,47+/m0/s1. The molecule has 12 nitrogen and oxygen atoms in total. The number of nitrogens with one attached hydrogen (secondary N) is 1. The van der Waals surface area contributed by atoms with E-state index >= 15 is 4.79 Å². The summed E-state index contributed by atoms with van der Waals surface area (Å²) in [5.74, 6) is -5.52. The van der Waals surface area contributed by atoms with Crippen LogP contribution in [0.4, 0.5) is 28.4 Å². The maximum Gasteiger partial charge on any atom is 0.260 e. The average molecular weight is 856 g/mol. The number of halogens is 2. The Bertz CT molecular complexity index is 2650. The number of benzene rings is 5. The molecule has 0 radical (unpaired) electrons. The van der Waals surface area contributed by atoms with Crippen LogP contribution >= 0.6 is 23.2 Å². The summed E-state index contributed by atoms with van der Waals surface area (Å²) in [6.07, 6.45) is 2.23. The van der Waals surface area contributed by atoms with Crippen molar-refractivity contribution in [1.29, 1.82) is 0 Å². The molecule has 2 N–H and O–H groups in total. The number of aromatic hydroxyl groups is 1. The van der Waals surface area contributed by atoms with Gasteiger partial charge < -0.3 is 14.7 Å². The maximum absolute atomic E-state index is 15.4. The first-order valence-corrected chi connectivity index (χ1v) is 20.6. The van der Waals surface area contributed by atoms with Crippen LogP contribution in [-0.4, -0.2) is 54.9 Å². The summed E-state index contributed by atoms with van der Waals surface area (Å²) >= 11 is 12.8. The van der Waals surface area contributed by atoms with Crippen molar-refractivity contribution in [2.45, 2.75) is 24.2 Å². The number of hydrazine groups is 1. The molecule has 61 heavy (non-hydrogen) atoms. The van der Waals surface area contributed by atoms with Crippen LogP contribution in [-0.2, 0) is 24.6 Å². The zero-order valence-corrected chi connectivity index (χ0v) is 34.8. The lowest BCUT2D eigenvalue weighted by atomic mass is 9.49. The van der Waals surface area contributed by atoms with Crippen LogP contribution in [0.5, 0.6) is 11.5 Å². The Morgan fingerprint density at radius 2 is 1.48 bits per heavy atom. The van der Waals surface area contributed by atoms with Crippen molar-refractivity contribution in [2.75, 3.05) is 36.4 Å². The number of methoxy groups -OCH3 is 1. The van der Waals surface area contributed by atoms with Crippen molar-refractivity contribution in [3.8, 4) is 11.5 Å². The number of para-hydroxylation sites is 1. The molecule has 4 amide bonds. The highest BCUT2D eigenvalue weighted by atomic mass is 35.5. The van der Waals surface area contributed by atoms with Gasteiger partial charge in [0.05, 0.1) is 58.1 Å². The van der Waals surface area contributed by atoms with E-state index < -0.39 is 52.7 Å². The molecule has 5 aromatic rings. The molecule has 2 aliphatic heterocycles. The van der Waals surface area contributed by atoms with Crippen molar-refractivity contribution >= 4 is 75.3 Å². The minimum absolute atomic E-state index is 0.0714. The van der Waals surface area contributed by atoms with E-state index in [1.165, 1.54) is 18.1 Å². The van der Waals surface area contributed by atoms with Gasteiger partial charge in [0.2, 0.25) is 11.8 Å². The van der Waals surface area contributed by atoms with Gasteiger partial charge in [-0.1, -0.05) is 65.2 Å². The number of allylic oxidation sites excluding steroid dienone is 2. The SMILES string of the molecule is COc1ccc([C@@]23C(=O)N(Nc4ccc(Cl)cc4Cl)C(=O)[C@@H]2C[C@@H]2C(=CC[C@@H]4C(=O)N(c5ccc(N=Nc6ccc(N(C)C)cc6)cc5)C(=O)[C@@H]42)[C@@H]3c2ccccc2O)cc1. The number of carbonyl (C=O) groups is 4. The fourth-order valence-corrected chi connectivity index (χ4v) is 10.2.